The largest absolute Gasteiger partial charge is 0.466 e. The van der Waals surface area contributed by atoms with Crippen LogP contribution in [0.4, 0.5) is 0 Å². The van der Waals surface area contributed by atoms with Crippen molar-refractivity contribution in [2.24, 2.45) is 7.05 Å². The number of rotatable bonds is 13. The lowest BCUT2D eigenvalue weighted by molar-refractivity contribution is -0.908. The Morgan fingerprint density at radius 3 is 2.00 bits per heavy atom. The van der Waals surface area contributed by atoms with Crippen molar-refractivity contribution in [1.82, 2.24) is 9.55 Å². The van der Waals surface area contributed by atoms with E-state index in [1.807, 2.05) is 31.7 Å². The molecule has 0 amide bonds. The van der Waals surface area contributed by atoms with E-state index in [-0.39, 0.29) is 11.9 Å². The minimum Gasteiger partial charge on any atom is -0.466 e. The second-order valence-electron chi connectivity index (χ2n) is 6.98. The Kier molecular flexibility index (Phi) is 9.95. The predicted octanol–water partition coefficient (Wildman–Crippen LogP) is 2.10. The van der Waals surface area contributed by atoms with Crippen LogP contribution in [0.2, 0.25) is 0 Å². The van der Waals surface area contributed by atoms with Gasteiger partial charge in [-0.05, 0) is 12.8 Å². The monoisotopic (exact) mass is 368 g/mol. The van der Waals surface area contributed by atoms with E-state index >= 15 is 0 Å². The molecule has 0 aliphatic carbocycles. The first kappa shape index (κ1) is 22.2. The van der Waals surface area contributed by atoms with E-state index in [1.165, 1.54) is 0 Å². The van der Waals surface area contributed by atoms with Gasteiger partial charge >= 0.3 is 11.9 Å². The summed E-state index contributed by atoms with van der Waals surface area (Å²) >= 11 is 0. The Morgan fingerprint density at radius 2 is 1.58 bits per heavy atom. The Labute approximate surface area is 156 Å². The van der Waals surface area contributed by atoms with Crippen molar-refractivity contribution in [3.63, 3.8) is 0 Å². The number of hydrogen-bond acceptors (Lipinski definition) is 5. The molecule has 0 aliphatic heterocycles. The van der Waals surface area contributed by atoms with Gasteiger partial charge in [-0.25, -0.2) is 4.98 Å². The van der Waals surface area contributed by atoms with E-state index in [0.29, 0.717) is 43.6 Å². The first-order valence-corrected chi connectivity index (χ1v) is 9.50. The van der Waals surface area contributed by atoms with Crippen LogP contribution in [0.25, 0.3) is 0 Å². The number of esters is 2. The fraction of sp³-hybridized carbons (Fsp3) is 0.737. The standard InChI is InChI=1S/C19H34N3O4/c1-5-13-25-18(23)8-11-22(4,12-9-19(24)26-14-6-2)10-7-17-15-20-16-21(17)3/h15-16H,5-14H2,1-4H3/q+1. The number of aryl methyl sites for hydroxylation is 1. The maximum Gasteiger partial charge on any atom is 0.311 e. The van der Waals surface area contributed by atoms with Gasteiger partial charge < -0.3 is 18.5 Å². The number of carbonyl (C=O) groups is 2. The van der Waals surface area contributed by atoms with Crippen LogP contribution in [-0.4, -0.2) is 65.9 Å². The smallest absolute Gasteiger partial charge is 0.311 e. The van der Waals surface area contributed by atoms with Gasteiger partial charge in [0.05, 0.1) is 59.1 Å². The fourth-order valence-electron chi connectivity index (χ4n) is 2.64. The summed E-state index contributed by atoms with van der Waals surface area (Å²) in [7, 11) is 4.05. The maximum atomic E-state index is 11.9. The molecule has 1 heterocycles. The van der Waals surface area contributed by atoms with Crippen LogP contribution in [0.3, 0.4) is 0 Å². The Balaban J connectivity index is 2.61. The van der Waals surface area contributed by atoms with Crippen LogP contribution in [0, 0.1) is 0 Å². The zero-order chi connectivity index (χ0) is 19.4. The van der Waals surface area contributed by atoms with Crippen LogP contribution < -0.4 is 0 Å². The highest BCUT2D eigenvalue weighted by Crippen LogP contribution is 2.11. The van der Waals surface area contributed by atoms with Crippen molar-refractivity contribution in [2.75, 3.05) is 39.9 Å². The molecule has 0 N–H and O–H groups in total. The summed E-state index contributed by atoms with van der Waals surface area (Å²) in [6.45, 7) is 6.97. The summed E-state index contributed by atoms with van der Waals surface area (Å²) in [5.74, 6) is -0.351. The lowest BCUT2D eigenvalue weighted by Gasteiger charge is -2.34. The number of nitrogens with zero attached hydrogens (tertiary/aromatic N) is 3. The highest BCUT2D eigenvalue weighted by molar-refractivity contribution is 5.70. The second-order valence-corrected chi connectivity index (χ2v) is 6.98. The SMILES string of the molecule is CCCOC(=O)CC[N+](C)(CCC(=O)OCCC)CCc1cncn1C. The lowest BCUT2D eigenvalue weighted by atomic mass is 10.2. The highest BCUT2D eigenvalue weighted by Gasteiger charge is 2.25. The molecule has 148 valence electrons. The fourth-order valence-corrected chi connectivity index (χ4v) is 2.64. The third-order valence-electron chi connectivity index (χ3n) is 4.47. The third kappa shape index (κ3) is 8.47. The van der Waals surface area contributed by atoms with Crippen molar-refractivity contribution in [3.05, 3.63) is 18.2 Å². The molecule has 0 saturated heterocycles. The summed E-state index contributed by atoms with van der Waals surface area (Å²) in [4.78, 5) is 27.9. The van der Waals surface area contributed by atoms with Crippen molar-refractivity contribution < 1.29 is 23.5 Å². The number of quaternary nitrogens is 1. The molecule has 0 atom stereocenters. The van der Waals surface area contributed by atoms with Gasteiger partial charge in [-0.3, -0.25) is 9.59 Å². The maximum absolute atomic E-state index is 11.9. The van der Waals surface area contributed by atoms with Crippen LogP contribution in [0.5, 0.6) is 0 Å². The quantitative estimate of drug-likeness (QED) is 0.394. The van der Waals surface area contributed by atoms with Crippen LogP contribution >= 0.6 is 0 Å². The van der Waals surface area contributed by atoms with Gasteiger partial charge in [-0.15, -0.1) is 0 Å². The minimum absolute atomic E-state index is 0.176. The van der Waals surface area contributed by atoms with Crippen LogP contribution in [0.1, 0.15) is 45.2 Å². The molecule has 0 bridgehead atoms. The Bertz CT molecular complexity index is 533. The normalized spacial score (nSPS) is 11.4. The molecular formula is C19H34N3O4+. The van der Waals surface area contributed by atoms with E-state index in [2.05, 4.69) is 12.0 Å². The minimum atomic E-state index is -0.176. The zero-order valence-corrected chi connectivity index (χ0v) is 16.7. The Morgan fingerprint density at radius 1 is 1.04 bits per heavy atom. The summed E-state index contributed by atoms with van der Waals surface area (Å²) < 4.78 is 13.0. The Hall–Kier alpha value is -1.89. The van der Waals surface area contributed by atoms with Gasteiger partial charge in [0.1, 0.15) is 0 Å². The average Bonchev–Trinajstić information content (AvgIpc) is 3.04. The number of aromatic nitrogens is 2. The number of likely N-dealkylation sites (N-methyl/N-ethyl adjacent to an activating group) is 1. The number of hydrogen-bond donors (Lipinski definition) is 0. The number of ether oxygens (including phenoxy) is 2. The molecule has 1 rings (SSSR count). The van der Waals surface area contributed by atoms with Gasteiger partial charge in [0, 0.05) is 25.4 Å². The first-order valence-electron chi connectivity index (χ1n) is 9.50. The number of carbonyl (C=O) groups excluding carboxylic acids is 2. The van der Waals surface area contributed by atoms with Crippen molar-refractivity contribution in [2.45, 2.75) is 46.0 Å². The third-order valence-corrected chi connectivity index (χ3v) is 4.47. The number of imidazole rings is 1. The van der Waals surface area contributed by atoms with E-state index < -0.39 is 0 Å². The predicted molar refractivity (Wildman–Crippen MR) is 99.4 cm³/mol. The first-order chi connectivity index (χ1) is 12.4. The highest BCUT2D eigenvalue weighted by atomic mass is 16.5. The van der Waals surface area contributed by atoms with E-state index in [1.54, 1.807) is 6.33 Å². The molecule has 0 unspecified atom stereocenters. The summed E-state index contributed by atoms with van der Waals surface area (Å²) in [5.41, 5.74) is 1.14. The molecule has 0 spiro atoms. The van der Waals surface area contributed by atoms with Crippen LogP contribution in [-0.2, 0) is 32.5 Å². The van der Waals surface area contributed by atoms with Gasteiger partial charge in [-0.1, -0.05) is 13.8 Å². The van der Waals surface area contributed by atoms with Crippen molar-refractivity contribution in [3.8, 4) is 0 Å². The molecule has 1 aromatic rings. The molecule has 0 fully saturated rings. The van der Waals surface area contributed by atoms with Gasteiger partial charge in [0.15, 0.2) is 0 Å². The molecule has 1 aromatic heterocycles. The average molecular weight is 368 g/mol. The summed E-state index contributed by atoms with van der Waals surface area (Å²) in [6, 6.07) is 0. The molecular weight excluding hydrogens is 334 g/mol. The van der Waals surface area contributed by atoms with Crippen LogP contribution in [0.15, 0.2) is 12.5 Å². The summed E-state index contributed by atoms with van der Waals surface area (Å²) in [6.07, 6.45) is 6.82. The van der Waals surface area contributed by atoms with Crippen molar-refractivity contribution in [1.29, 1.82) is 0 Å². The summed E-state index contributed by atoms with van der Waals surface area (Å²) in [5, 5.41) is 0. The van der Waals surface area contributed by atoms with Crippen molar-refractivity contribution >= 4 is 11.9 Å². The molecule has 7 heteroatoms. The van der Waals surface area contributed by atoms with Gasteiger partial charge in [0.2, 0.25) is 0 Å². The topological polar surface area (TPSA) is 70.4 Å². The van der Waals surface area contributed by atoms with Gasteiger partial charge in [-0.2, -0.15) is 0 Å². The van der Waals surface area contributed by atoms with Gasteiger partial charge in [0.25, 0.3) is 0 Å². The van der Waals surface area contributed by atoms with E-state index in [9.17, 15) is 9.59 Å². The molecule has 0 aliphatic rings. The zero-order valence-electron chi connectivity index (χ0n) is 16.7. The molecule has 0 radical (unpaired) electrons. The second kappa shape index (κ2) is 11.7. The molecule has 26 heavy (non-hydrogen) atoms. The molecule has 0 saturated carbocycles. The van der Waals surface area contributed by atoms with E-state index in [4.69, 9.17) is 9.47 Å². The molecule has 0 aromatic carbocycles. The lowest BCUT2D eigenvalue weighted by Crippen LogP contribution is -2.48. The molecule has 7 nitrogen and oxygen atoms in total. The van der Waals surface area contributed by atoms with E-state index in [0.717, 1.165) is 31.5 Å².